The fraction of sp³-hybridized carbons (Fsp3) is 0.400. The molecule has 1 heterocycles. The van der Waals surface area contributed by atoms with E-state index in [2.05, 4.69) is 17.1 Å². The summed E-state index contributed by atoms with van der Waals surface area (Å²) in [5.74, 6) is 1.18. The fourth-order valence-electron chi connectivity index (χ4n) is 1.60. The van der Waals surface area contributed by atoms with Gasteiger partial charge in [-0.1, -0.05) is 12.1 Å². The number of benzene rings is 1. The van der Waals surface area contributed by atoms with E-state index in [0.717, 1.165) is 6.54 Å². The first-order valence-corrected chi connectivity index (χ1v) is 5.61. The lowest BCUT2D eigenvalue weighted by molar-refractivity contribution is 0.358. The van der Waals surface area contributed by atoms with Gasteiger partial charge in [0.2, 0.25) is 0 Å². The van der Waals surface area contributed by atoms with Crippen molar-refractivity contribution >= 4 is 17.4 Å². The van der Waals surface area contributed by atoms with E-state index in [9.17, 15) is 4.91 Å². The van der Waals surface area contributed by atoms with E-state index in [1.807, 2.05) is 23.9 Å². The number of hydrogen-bond donors (Lipinski definition) is 0. The van der Waals surface area contributed by atoms with Gasteiger partial charge in [-0.2, -0.15) is 0 Å². The summed E-state index contributed by atoms with van der Waals surface area (Å²) in [5.41, 5.74) is 1.75. The molecule has 1 aliphatic rings. The Morgan fingerprint density at radius 3 is 2.64 bits per heavy atom. The molecule has 0 spiro atoms. The maximum Gasteiger partial charge on any atom is 0.108 e. The lowest BCUT2D eigenvalue weighted by Crippen LogP contribution is -2.16. The maximum atomic E-state index is 10.2. The molecule has 4 heteroatoms. The third kappa shape index (κ3) is 1.81. The van der Waals surface area contributed by atoms with Crippen LogP contribution in [0.2, 0.25) is 0 Å². The predicted octanol–water partition coefficient (Wildman–Crippen LogP) is 2.76. The molecule has 1 aliphatic heterocycles. The fourth-order valence-corrected chi connectivity index (χ4v) is 2.93. The molecule has 1 saturated heterocycles. The first-order chi connectivity index (χ1) is 6.81. The van der Waals surface area contributed by atoms with E-state index in [4.69, 9.17) is 0 Å². The molecule has 0 saturated carbocycles. The van der Waals surface area contributed by atoms with E-state index in [1.54, 1.807) is 12.1 Å². The lowest BCUT2D eigenvalue weighted by Gasteiger charge is -2.18. The Kier molecular flexibility index (Phi) is 2.84. The summed E-state index contributed by atoms with van der Waals surface area (Å²) in [5, 5.41) is 3.33. The Morgan fingerprint density at radius 1 is 1.43 bits per heavy atom. The molecule has 3 nitrogen and oxygen atoms in total. The number of nitrogens with zero attached hydrogens (tertiary/aromatic N) is 2. The standard InChI is InChI=1S/C10H12N2OS/c1-12-6-7-14-10(12)8-2-4-9(11-13)5-3-8/h2-5,10H,6-7H2,1H3. The zero-order valence-corrected chi connectivity index (χ0v) is 8.83. The molecule has 1 aromatic rings. The number of nitroso groups, excluding NO2 is 1. The SMILES string of the molecule is CN1CCSC1c1ccc(N=O)cc1. The minimum absolute atomic E-state index is 0.440. The van der Waals surface area contributed by atoms with Crippen molar-refractivity contribution in [2.24, 2.45) is 5.18 Å². The van der Waals surface area contributed by atoms with Crippen LogP contribution < -0.4 is 0 Å². The van der Waals surface area contributed by atoms with Crippen LogP contribution in [-0.2, 0) is 0 Å². The average Bonchev–Trinajstić information content (AvgIpc) is 2.65. The summed E-state index contributed by atoms with van der Waals surface area (Å²) < 4.78 is 0. The molecule has 0 N–H and O–H groups in total. The lowest BCUT2D eigenvalue weighted by atomic mass is 10.2. The first-order valence-electron chi connectivity index (χ1n) is 4.56. The van der Waals surface area contributed by atoms with E-state index in [-0.39, 0.29) is 0 Å². The number of thioether (sulfide) groups is 1. The van der Waals surface area contributed by atoms with E-state index < -0.39 is 0 Å². The second-order valence-corrected chi connectivity index (χ2v) is 4.57. The highest BCUT2D eigenvalue weighted by atomic mass is 32.2. The Hall–Kier alpha value is -0.870. The summed E-state index contributed by atoms with van der Waals surface area (Å²) in [6.07, 6.45) is 0. The monoisotopic (exact) mass is 208 g/mol. The minimum Gasteiger partial charge on any atom is -0.290 e. The van der Waals surface area contributed by atoms with Crippen LogP contribution in [0.5, 0.6) is 0 Å². The topological polar surface area (TPSA) is 32.7 Å². The molecule has 1 atom stereocenters. The second-order valence-electron chi connectivity index (χ2n) is 3.39. The van der Waals surface area contributed by atoms with Crippen LogP contribution in [0.3, 0.4) is 0 Å². The zero-order valence-electron chi connectivity index (χ0n) is 8.01. The third-order valence-electron chi connectivity index (χ3n) is 2.40. The van der Waals surface area contributed by atoms with Crippen LogP contribution in [0.1, 0.15) is 10.9 Å². The molecular weight excluding hydrogens is 196 g/mol. The highest BCUT2D eigenvalue weighted by Crippen LogP contribution is 2.36. The van der Waals surface area contributed by atoms with Crippen molar-refractivity contribution in [1.82, 2.24) is 4.90 Å². The number of hydrogen-bond acceptors (Lipinski definition) is 4. The van der Waals surface area contributed by atoms with Gasteiger partial charge in [-0.05, 0) is 29.9 Å². The van der Waals surface area contributed by atoms with Crippen LogP contribution in [0.4, 0.5) is 5.69 Å². The van der Waals surface area contributed by atoms with Gasteiger partial charge in [0.05, 0.1) is 5.37 Å². The highest BCUT2D eigenvalue weighted by molar-refractivity contribution is 7.99. The summed E-state index contributed by atoms with van der Waals surface area (Å²) in [7, 11) is 2.12. The van der Waals surface area contributed by atoms with Crippen molar-refractivity contribution in [1.29, 1.82) is 0 Å². The van der Waals surface area contributed by atoms with Gasteiger partial charge in [-0.3, -0.25) is 4.90 Å². The molecular formula is C10H12N2OS. The summed E-state index contributed by atoms with van der Waals surface area (Å²) in [6.45, 7) is 1.13. The zero-order chi connectivity index (χ0) is 9.97. The van der Waals surface area contributed by atoms with Gasteiger partial charge in [-0.25, -0.2) is 0 Å². The molecule has 0 amide bonds. The van der Waals surface area contributed by atoms with E-state index in [1.165, 1.54) is 11.3 Å². The molecule has 2 rings (SSSR count). The third-order valence-corrected chi connectivity index (χ3v) is 3.77. The number of rotatable bonds is 2. The predicted molar refractivity (Wildman–Crippen MR) is 59.7 cm³/mol. The van der Waals surface area contributed by atoms with Gasteiger partial charge in [0.25, 0.3) is 0 Å². The van der Waals surface area contributed by atoms with Gasteiger partial charge in [0.1, 0.15) is 5.69 Å². The van der Waals surface area contributed by atoms with Crippen LogP contribution in [-0.4, -0.2) is 24.2 Å². The average molecular weight is 208 g/mol. The van der Waals surface area contributed by atoms with E-state index >= 15 is 0 Å². The van der Waals surface area contributed by atoms with Crippen LogP contribution >= 0.6 is 11.8 Å². The van der Waals surface area contributed by atoms with Crippen molar-refractivity contribution in [2.45, 2.75) is 5.37 Å². The van der Waals surface area contributed by atoms with Crippen molar-refractivity contribution in [3.05, 3.63) is 34.7 Å². The normalized spacial score (nSPS) is 22.5. The molecule has 1 aromatic carbocycles. The Bertz CT molecular complexity index is 325. The quantitative estimate of drug-likeness (QED) is 0.700. The Balaban J connectivity index is 2.19. The van der Waals surface area contributed by atoms with Crippen LogP contribution in [0.25, 0.3) is 0 Å². The van der Waals surface area contributed by atoms with Crippen molar-refractivity contribution in [3.63, 3.8) is 0 Å². The van der Waals surface area contributed by atoms with Gasteiger partial charge < -0.3 is 0 Å². The van der Waals surface area contributed by atoms with Crippen LogP contribution in [0.15, 0.2) is 29.4 Å². The second kappa shape index (κ2) is 4.11. The minimum atomic E-state index is 0.440. The van der Waals surface area contributed by atoms with Gasteiger partial charge in [0, 0.05) is 12.3 Å². The molecule has 74 valence electrons. The Morgan fingerprint density at radius 2 is 2.14 bits per heavy atom. The molecule has 0 bridgehead atoms. The van der Waals surface area contributed by atoms with Gasteiger partial charge in [-0.15, -0.1) is 16.7 Å². The van der Waals surface area contributed by atoms with Crippen molar-refractivity contribution in [3.8, 4) is 0 Å². The molecule has 0 aliphatic carbocycles. The molecule has 1 unspecified atom stereocenters. The first kappa shape index (κ1) is 9.68. The molecule has 0 aromatic heterocycles. The van der Waals surface area contributed by atoms with Gasteiger partial charge in [0.15, 0.2) is 0 Å². The molecule has 0 radical (unpaired) electrons. The smallest absolute Gasteiger partial charge is 0.108 e. The summed E-state index contributed by atoms with van der Waals surface area (Å²) in [6, 6.07) is 7.51. The Labute approximate surface area is 87.5 Å². The van der Waals surface area contributed by atoms with E-state index in [0.29, 0.717) is 11.1 Å². The summed E-state index contributed by atoms with van der Waals surface area (Å²) >= 11 is 1.93. The van der Waals surface area contributed by atoms with Crippen LogP contribution in [0, 0.1) is 4.91 Å². The summed E-state index contributed by atoms with van der Waals surface area (Å²) in [4.78, 5) is 12.6. The van der Waals surface area contributed by atoms with Gasteiger partial charge >= 0.3 is 0 Å². The van der Waals surface area contributed by atoms with Crippen molar-refractivity contribution in [2.75, 3.05) is 19.3 Å². The van der Waals surface area contributed by atoms with Crippen molar-refractivity contribution < 1.29 is 0 Å². The molecule has 14 heavy (non-hydrogen) atoms. The highest BCUT2D eigenvalue weighted by Gasteiger charge is 2.22. The molecule has 1 fully saturated rings. The largest absolute Gasteiger partial charge is 0.290 e. The maximum absolute atomic E-state index is 10.2.